The first kappa shape index (κ1) is 31.9. The monoisotopic (exact) mass is 629 g/mol. The van der Waals surface area contributed by atoms with E-state index in [1.54, 1.807) is 55.5 Å². The smallest absolute Gasteiger partial charge is 0.264 e. The summed E-state index contributed by atoms with van der Waals surface area (Å²) in [7, 11) is -4.12. The lowest BCUT2D eigenvalue weighted by Crippen LogP contribution is -2.53. The van der Waals surface area contributed by atoms with Gasteiger partial charge in [-0.05, 0) is 73.7 Å². The van der Waals surface area contributed by atoms with E-state index in [-0.39, 0.29) is 23.4 Å². The molecule has 2 amide bonds. The molecule has 0 radical (unpaired) electrons. The largest absolute Gasteiger partial charge is 0.352 e. The van der Waals surface area contributed by atoms with E-state index >= 15 is 0 Å². The molecule has 0 bridgehead atoms. The van der Waals surface area contributed by atoms with Crippen LogP contribution < -0.4 is 9.62 Å². The molecule has 224 valence electrons. The van der Waals surface area contributed by atoms with Crippen molar-refractivity contribution in [3.05, 3.63) is 94.0 Å². The Morgan fingerprint density at radius 2 is 1.62 bits per heavy atom. The molecule has 1 fully saturated rings. The minimum absolute atomic E-state index is 0.00207. The number of carbonyl (C=O) groups is 2. The van der Waals surface area contributed by atoms with Crippen LogP contribution in [0.4, 0.5) is 5.69 Å². The van der Waals surface area contributed by atoms with Gasteiger partial charge in [0.1, 0.15) is 12.6 Å². The van der Waals surface area contributed by atoms with Gasteiger partial charge in [0, 0.05) is 22.6 Å². The van der Waals surface area contributed by atoms with E-state index in [0.29, 0.717) is 21.3 Å². The molecule has 0 saturated heterocycles. The summed E-state index contributed by atoms with van der Waals surface area (Å²) in [6.07, 6.45) is 5.82. The summed E-state index contributed by atoms with van der Waals surface area (Å²) in [4.78, 5) is 29.0. The van der Waals surface area contributed by atoms with Crippen LogP contribution in [0, 0.1) is 0 Å². The molecule has 1 N–H and O–H groups in total. The normalized spacial score (nSPS) is 14.7. The third kappa shape index (κ3) is 7.85. The molecule has 1 aliphatic rings. The van der Waals surface area contributed by atoms with Crippen molar-refractivity contribution in [2.24, 2.45) is 0 Å². The predicted molar refractivity (Wildman–Crippen MR) is 168 cm³/mol. The molecule has 7 nitrogen and oxygen atoms in total. The van der Waals surface area contributed by atoms with Gasteiger partial charge in [-0.15, -0.1) is 0 Å². The number of amides is 2. The highest BCUT2D eigenvalue weighted by molar-refractivity contribution is 7.92. The fourth-order valence-electron chi connectivity index (χ4n) is 5.13. The van der Waals surface area contributed by atoms with Gasteiger partial charge in [-0.25, -0.2) is 8.42 Å². The Kier molecular flexibility index (Phi) is 10.9. The Bertz CT molecular complexity index is 1480. The number of sulfonamides is 1. The Hall–Kier alpha value is -3.07. The molecular weight excluding hydrogens is 593 g/mol. The van der Waals surface area contributed by atoms with Gasteiger partial charge in [-0.3, -0.25) is 13.9 Å². The number of hydrogen-bond donors (Lipinski definition) is 1. The molecule has 0 aliphatic heterocycles. The van der Waals surface area contributed by atoms with Crippen molar-refractivity contribution >= 4 is 50.7 Å². The summed E-state index contributed by atoms with van der Waals surface area (Å²) in [6.45, 7) is 3.17. The van der Waals surface area contributed by atoms with Crippen molar-refractivity contribution in [1.29, 1.82) is 0 Å². The maximum absolute atomic E-state index is 14.1. The van der Waals surface area contributed by atoms with E-state index in [0.717, 1.165) is 48.4 Å². The zero-order valence-electron chi connectivity index (χ0n) is 23.9. The molecule has 0 aromatic heterocycles. The van der Waals surface area contributed by atoms with E-state index in [2.05, 4.69) is 5.32 Å². The summed E-state index contributed by atoms with van der Waals surface area (Å²) in [6, 6.07) is 19.2. The number of benzene rings is 3. The molecule has 42 heavy (non-hydrogen) atoms. The van der Waals surface area contributed by atoms with Gasteiger partial charge in [0.2, 0.25) is 11.8 Å². The van der Waals surface area contributed by atoms with Crippen LogP contribution in [0.25, 0.3) is 0 Å². The van der Waals surface area contributed by atoms with Gasteiger partial charge in [0.25, 0.3) is 10.0 Å². The number of rotatable bonds is 11. The molecule has 10 heteroatoms. The summed E-state index contributed by atoms with van der Waals surface area (Å²) >= 11 is 12.6. The Morgan fingerprint density at radius 3 is 2.24 bits per heavy atom. The first-order valence-electron chi connectivity index (χ1n) is 14.3. The molecule has 4 rings (SSSR count). The number of anilines is 1. The second-order valence-electron chi connectivity index (χ2n) is 10.6. The Labute approximate surface area is 258 Å². The van der Waals surface area contributed by atoms with Gasteiger partial charge < -0.3 is 10.2 Å². The van der Waals surface area contributed by atoms with E-state index in [1.807, 2.05) is 19.1 Å². The number of halogens is 2. The van der Waals surface area contributed by atoms with Crippen molar-refractivity contribution in [1.82, 2.24) is 10.2 Å². The average Bonchev–Trinajstić information content (AvgIpc) is 3.00. The summed E-state index contributed by atoms with van der Waals surface area (Å²) in [5.74, 6) is -0.823. The van der Waals surface area contributed by atoms with E-state index in [9.17, 15) is 18.0 Å². The van der Waals surface area contributed by atoms with Crippen LogP contribution in [0.15, 0.2) is 77.7 Å². The number of hydrogen-bond acceptors (Lipinski definition) is 4. The maximum atomic E-state index is 14.1. The molecule has 1 saturated carbocycles. The lowest BCUT2D eigenvalue weighted by Gasteiger charge is -2.33. The highest BCUT2D eigenvalue weighted by Crippen LogP contribution is 2.27. The Morgan fingerprint density at radius 1 is 0.952 bits per heavy atom. The van der Waals surface area contributed by atoms with Crippen LogP contribution in [0.5, 0.6) is 0 Å². The topological polar surface area (TPSA) is 86.8 Å². The van der Waals surface area contributed by atoms with Crippen molar-refractivity contribution < 1.29 is 18.0 Å². The van der Waals surface area contributed by atoms with Gasteiger partial charge in [-0.1, -0.05) is 85.8 Å². The van der Waals surface area contributed by atoms with Crippen LogP contribution in [0.2, 0.25) is 10.0 Å². The molecule has 3 aromatic carbocycles. The predicted octanol–water partition coefficient (Wildman–Crippen LogP) is 6.62. The molecule has 0 unspecified atom stereocenters. The van der Waals surface area contributed by atoms with Crippen LogP contribution >= 0.6 is 23.2 Å². The third-order valence-corrected chi connectivity index (χ3v) is 10.1. The van der Waals surface area contributed by atoms with Crippen molar-refractivity contribution in [2.75, 3.05) is 10.8 Å². The molecule has 1 aliphatic carbocycles. The SMILES string of the molecule is CCc1ccc(N(CC(=O)N(Cc2ccc(Cl)cc2Cl)[C@H](C)C(=O)NC2CCCCC2)S(=O)(=O)c2ccccc2)cc1. The molecule has 0 heterocycles. The zero-order valence-corrected chi connectivity index (χ0v) is 26.3. The van der Waals surface area contributed by atoms with E-state index in [1.165, 1.54) is 17.0 Å². The van der Waals surface area contributed by atoms with Gasteiger partial charge in [0.15, 0.2) is 0 Å². The first-order chi connectivity index (χ1) is 20.1. The molecule has 1 atom stereocenters. The van der Waals surface area contributed by atoms with Crippen LogP contribution in [-0.4, -0.2) is 43.8 Å². The van der Waals surface area contributed by atoms with Gasteiger partial charge in [-0.2, -0.15) is 0 Å². The van der Waals surface area contributed by atoms with E-state index < -0.39 is 28.5 Å². The summed E-state index contributed by atoms with van der Waals surface area (Å²) in [5, 5.41) is 3.89. The summed E-state index contributed by atoms with van der Waals surface area (Å²) < 4.78 is 28.9. The van der Waals surface area contributed by atoms with Crippen molar-refractivity contribution in [3.8, 4) is 0 Å². The zero-order chi connectivity index (χ0) is 30.3. The minimum atomic E-state index is -4.12. The minimum Gasteiger partial charge on any atom is -0.352 e. The quantitative estimate of drug-likeness (QED) is 0.258. The maximum Gasteiger partial charge on any atom is 0.264 e. The number of carbonyl (C=O) groups excluding carboxylic acids is 2. The molecule has 3 aromatic rings. The molecule has 0 spiro atoms. The van der Waals surface area contributed by atoms with Gasteiger partial charge in [0.05, 0.1) is 10.6 Å². The standard InChI is InChI=1S/C32H37Cl2N3O4S/c1-3-24-14-18-28(19-15-24)37(42(40,41)29-12-8-5-9-13-29)22-31(38)36(21-25-16-17-26(33)20-30(25)34)23(2)32(39)35-27-10-6-4-7-11-27/h5,8-9,12-20,23,27H,3-4,6-7,10-11,21-22H2,1-2H3,(H,35,39)/t23-/m1/s1. The average molecular weight is 631 g/mol. The number of aryl methyl sites for hydroxylation is 1. The van der Waals surface area contributed by atoms with Crippen molar-refractivity contribution in [2.45, 2.75) is 75.9 Å². The van der Waals surface area contributed by atoms with Crippen molar-refractivity contribution in [3.63, 3.8) is 0 Å². The third-order valence-electron chi connectivity index (χ3n) is 7.72. The number of nitrogens with zero attached hydrogens (tertiary/aromatic N) is 2. The fourth-order valence-corrected chi connectivity index (χ4v) is 7.03. The first-order valence-corrected chi connectivity index (χ1v) is 16.5. The summed E-state index contributed by atoms with van der Waals surface area (Å²) in [5.41, 5.74) is 1.99. The van der Waals surface area contributed by atoms with Crippen LogP contribution in [-0.2, 0) is 32.6 Å². The van der Waals surface area contributed by atoms with Gasteiger partial charge >= 0.3 is 0 Å². The number of nitrogens with one attached hydrogen (secondary N) is 1. The van der Waals surface area contributed by atoms with Crippen LogP contribution in [0.1, 0.15) is 57.1 Å². The second kappa shape index (κ2) is 14.4. The fraction of sp³-hybridized carbons (Fsp3) is 0.375. The lowest BCUT2D eigenvalue weighted by molar-refractivity contribution is -0.139. The van der Waals surface area contributed by atoms with E-state index in [4.69, 9.17) is 23.2 Å². The highest BCUT2D eigenvalue weighted by atomic mass is 35.5. The second-order valence-corrected chi connectivity index (χ2v) is 13.3. The Balaban J connectivity index is 1.69. The lowest BCUT2D eigenvalue weighted by atomic mass is 9.95. The molecular formula is C32H37Cl2N3O4S. The van der Waals surface area contributed by atoms with Crippen LogP contribution in [0.3, 0.4) is 0 Å². The highest BCUT2D eigenvalue weighted by Gasteiger charge is 2.33.